The van der Waals surface area contributed by atoms with Crippen molar-refractivity contribution in [2.75, 3.05) is 39.9 Å². The summed E-state index contributed by atoms with van der Waals surface area (Å²) >= 11 is 0. The van der Waals surface area contributed by atoms with Crippen LogP contribution in [-0.4, -0.2) is 71.5 Å². The number of hydrogen-bond acceptors (Lipinski definition) is 5. The molecule has 7 nitrogen and oxygen atoms in total. The van der Waals surface area contributed by atoms with E-state index in [2.05, 4.69) is 9.97 Å². The van der Waals surface area contributed by atoms with Gasteiger partial charge in [0.05, 0.1) is 5.41 Å². The summed E-state index contributed by atoms with van der Waals surface area (Å²) in [5.74, 6) is 0.699. The van der Waals surface area contributed by atoms with Crippen LogP contribution in [0.25, 0.3) is 0 Å². The highest BCUT2D eigenvalue weighted by atomic mass is 16.5. The van der Waals surface area contributed by atoms with Gasteiger partial charge in [-0.1, -0.05) is 0 Å². The lowest BCUT2D eigenvalue weighted by molar-refractivity contribution is -0.145. The number of likely N-dealkylation sites (tertiary alicyclic amines) is 2. The van der Waals surface area contributed by atoms with Crippen molar-refractivity contribution in [3.63, 3.8) is 0 Å². The molecule has 2 amide bonds. The smallest absolute Gasteiger partial charge is 0.272 e. The van der Waals surface area contributed by atoms with Crippen molar-refractivity contribution in [2.24, 2.45) is 5.41 Å². The van der Waals surface area contributed by atoms with Crippen molar-refractivity contribution in [3.05, 3.63) is 23.3 Å². The molecule has 1 atom stereocenters. The largest absolute Gasteiger partial charge is 0.385 e. The molecule has 0 N–H and O–H groups in total. The molecule has 7 heteroatoms. The summed E-state index contributed by atoms with van der Waals surface area (Å²) in [5, 5.41) is 0. The molecule has 2 fully saturated rings. The second-order valence-electron chi connectivity index (χ2n) is 7.44. The van der Waals surface area contributed by atoms with Crippen LogP contribution in [0.1, 0.15) is 47.7 Å². The maximum Gasteiger partial charge on any atom is 0.272 e. The molecule has 1 aromatic heterocycles. The van der Waals surface area contributed by atoms with Gasteiger partial charge in [-0.25, -0.2) is 9.97 Å². The van der Waals surface area contributed by atoms with Crippen LogP contribution in [-0.2, 0) is 9.53 Å². The van der Waals surface area contributed by atoms with Gasteiger partial charge < -0.3 is 14.5 Å². The van der Waals surface area contributed by atoms with Crippen LogP contribution < -0.4 is 0 Å². The monoisotopic (exact) mass is 360 g/mol. The third-order valence-electron chi connectivity index (χ3n) is 5.43. The van der Waals surface area contributed by atoms with Gasteiger partial charge in [0, 0.05) is 45.6 Å². The normalized spacial score (nSPS) is 23.1. The van der Waals surface area contributed by atoms with E-state index in [1.807, 2.05) is 11.8 Å². The molecule has 1 aromatic rings. The average molecular weight is 360 g/mol. The summed E-state index contributed by atoms with van der Waals surface area (Å²) in [7, 11) is 1.68. The minimum atomic E-state index is -0.419. The van der Waals surface area contributed by atoms with E-state index in [0.29, 0.717) is 31.2 Å². The quantitative estimate of drug-likeness (QED) is 0.745. The molecule has 0 radical (unpaired) electrons. The maximum absolute atomic E-state index is 13.1. The van der Waals surface area contributed by atoms with E-state index in [1.54, 1.807) is 25.0 Å². The highest BCUT2D eigenvalue weighted by molar-refractivity contribution is 5.94. The number of ether oxygens (including phenoxy) is 1. The van der Waals surface area contributed by atoms with E-state index in [0.717, 1.165) is 44.5 Å². The van der Waals surface area contributed by atoms with E-state index in [-0.39, 0.29) is 11.8 Å². The van der Waals surface area contributed by atoms with Crippen LogP contribution in [0.15, 0.2) is 6.07 Å². The molecule has 0 bridgehead atoms. The van der Waals surface area contributed by atoms with E-state index >= 15 is 0 Å². The Morgan fingerprint density at radius 1 is 1.27 bits per heavy atom. The summed E-state index contributed by atoms with van der Waals surface area (Å²) in [5.41, 5.74) is 0.790. The minimum absolute atomic E-state index is 0.0974. The van der Waals surface area contributed by atoms with E-state index < -0.39 is 5.41 Å². The van der Waals surface area contributed by atoms with Crippen molar-refractivity contribution < 1.29 is 14.3 Å². The minimum Gasteiger partial charge on any atom is -0.385 e. The number of aryl methyl sites for hydroxylation is 2. The summed E-state index contributed by atoms with van der Waals surface area (Å²) in [6.45, 7) is 6.95. The number of amides is 2. The van der Waals surface area contributed by atoms with Crippen LogP contribution in [0.2, 0.25) is 0 Å². The fraction of sp³-hybridized carbons (Fsp3) is 0.684. The second kappa shape index (κ2) is 7.70. The molecule has 142 valence electrons. The standard InChI is InChI=1S/C19H28N4O3/c1-14-12-16(21-15(2)20-14)17(24)23-10-7-19(13-23)6-4-8-22(18(19)25)9-5-11-26-3/h12H,4-11,13H2,1-3H3/t19-/m1/s1. The van der Waals surface area contributed by atoms with E-state index in [1.165, 1.54) is 0 Å². The predicted octanol–water partition coefficient (Wildman–Crippen LogP) is 1.58. The topological polar surface area (TPSA) is 75.6 Å². The lowest BCUT2D eigenvalue weighted by Gasteiger charge is -2.39. The number of aromatic nitrogens is 2. The first-order valence-electron chi connectivity index (χ1n) is 9.35. The van der Waals surface area contributed by atoms with Gasteiger partial charge in [0.1, 0.15) is 11.5 Å². The van der Waals surface area contributed by atoms with E-state index in [9.17, 15) is 9.59 Å². The average Bonchev–Trinajstić information content (AvgIpc) is 3.02. The second-order valence-corrected chi connectivity index (χ2v) is 7.44. The molecule has 2 aliphatic heterocycles. The lowest BCUT2D eigenvalue weighted by Crippen LogP contribution is -2.50. The fourth-order valence-corrected chi connectivity index (χ4v) is 4.18. The van der Waals surface area contributed by atoms with Gasteiger partial charge in [0.15, 0.2) is 0 Å². The number of nitrogens with zero attached hydrogens (tertiary/aromatic N) is 4. The first-order chi connectivity index (χ1) is 12.4. The highest BCUT2D eigenvalue weighted by Crippen LogP contribution is 2.40. The first-order valence-corrected chi connectivity index (χ1v) is 9.35. The Morgan fingerprint density at radius 3 is 2.81 bits per heavy atom. The third kappa shape index (κ3) is 3.72. The molecule has 0 saturated carbocycles. The summed E-state index contributed by atoms with van der Waals surface area (Å²) in [4.78, 5) is 38.2. The van der Waals surface area contributed by atoms with Gasteiger partial charge in [-0.15, -0.1) is 0 Å². The number of methoxy groups -OCH3 is 1. The van der Waals surface area contributed by atoms with Gasteiger partial charge >= 0.3 is 0 Å². The highest BCUT2D eigenvalue weighted by Gasteiger charge is 2.49. The predicted molar refractivity (Wildman–Crippen MR) is 96.8 cm³/mol. The summed E-state index contributed by atoms with van der Waals surface area (Å²) < 4.78 is 5.10. The molecular formula is C19H28N4O3. The SMILES string of the molecule is COCCCN1CCC[C@]2(CCN(C(=O)c3cc(C)nc(C)n3)C2)C1=O. The Balaban J connectivity index is 1.70. The maximum atomic E-state index is 13.1. The fourth-order valence-electron chi connectivity index (χ4n) is 4.18. The number of piperidine rings is 1. The Hall–Kier alpha value is -2.02. The van der Waals surface area contributed by atoms with Gasteiger partial charge in [-0.2, -0.15) is 0 Å². The Kier molecular flexibility index (Phi) is 5.55. The first kappa shape index (κ1) is 18.8. The van der Waals surface area contributed by atoms with Crippen LogP contribution in [0.5, 0.6) is 0 Å². The zero-order chi connectivity index (χ0) is 18.7. The lowest BCUT2D eigenvalue weighted by atomic mass is 9.78. The number of carbonyl (C=O) groups is 2. The molecule has 26 heavy (non-hydrogen) atoms. The van der Waals surface area contributed by atoms with Crippen LogP contribution in [0, 0.1) is 19.3 Å². The molecule has 1 spiro atoms. The van der Waals surface area contributed by atoms with Crippen molar-refractivity contribution in [1.82, 2.24) is 19.8 Å². The number of rotatable bonds is 5. The molecular weight excluding hydrogens is 332 g/mol. The molecule has 0 aliphatic carbocycles. The van der Waals surface area contributed by atoms with Crippen molar-refractivity contribution in [2.45, 2.75) is 39.5 Å². The van der Waals surface area contributed by atoms with E-state index in [4.69, 9.17) is 4.74 Å². The van der Waals surface area contributed by atoms with Gasteiger partial charge in [-0.05, 0) is 45.6 Å². The molecule has 3 rings (SSSR count). The van der Waals surface area contributed by atoms with Gasteiger partial charge in [-0.3, -0.25) is 9.59 Å². The zero-order valence-corrected chi connectivity index (χ0v) is 16.0. The van der Waals surface area contributed by atoms with Crippen molar-refractivity contribution in [3.8, 4) is 0 Å². The van der Waals surface area contributed by atoms with Crippen LogP contribution in [0.4, 0.5) is 0 Å². The number of hydrogen-bond donors (Lipinski definition) is 0. The third-order valence-corrected chi connectivity index (χ3v) is 5.43. The molecule has 2 saturated heterocycles. The zero-order valence-electron chi connectivity index (χ0n) is 16.0. The van der Waals surface area contributed by atoms with Crippen LogP contribution >= 0.6 is 0 Å². The Bertz CT molecular complexity index is 673. The molecule has 2 aliphatic rings. The van der Waals surface area contributed by atoms with Gasteiger partial charge in [0.2, 0.25) is 5.91 Å². The Labute approximate surface area is 154 Å². The Morgan fingerprint density at radius 2 is 2.08 bits per heavy atom. The summed E-state index contributed by atoms with van der Waals surface area (Å²) in [6, 6.07) is 1.72. The van der Waals surface area contributed by atoms with Crippen molar-refractivity contribution >= 4 is 11.8 Å². The summed E-state index contributed by atoms with van der Waals surface area (Å²) in [6.07, 6.45) is 3.44. The molecule has 3 heterocycles. The number of carbonyl (C=O) groups excluding carboxylic acids is 2. The molecule has 0 aromatic carbocycles. The van der Waals surface area contributed by atoms with Crippen molar-refractivity contribution in [1.29, 1.82) is 0 Å². The van der Waals surface area contributed by atoms with Gasteiger partial charge in [0.25, 0.3) is 5.91 Å². The molecule has 0 unspecified atom stereocenters. The van der Waals surface area contributed by atoms with Crippen LogP contribution in [0.3, 0.4) is 0 Å².